The number of H-pyrrole nitrogens is 2. The number of hydrogen-bond donors (Lipinski definition) is 12. The Kier molecular flexibility index (Phi) is 19.1. The summed E-state index contributed by atoms with van der Waals surface area (Å²) >= 11 is 0. The molecule has 3 aliphatic heterocycles. The molecule has 81 heavy (non-hydrogen) atoms. The van der Waals surface area contributed by atoms with Crippen LogP contribution in [0.3, 0.4) is 0 Å². The molecule has 0 spiro atoms. The fourth-order valence-electron chi connectivity index (χ4n) is 9.19. The van der Waals surface area contributed by atoms with Crippen LogP contribution in [-0.4, -0.2) is 167 Å². The Morgan fingerprint density at radius 2 is 1.47 bits per heavy atom. The van der Waals surface area contributed by atoms with Gasteiger partial charge in [0.25, 0.3) is 17.1 Å². The first kappa shape index (κ1) is 61.9. The predicted molar refractivity (Wildman–Crippen MR) is 267 cm³/mol. The first-order valence-electron chi connectivity index (χ1n) is 24.3. The van der Waals surface area contributed by atoms with Gasteiger partial charge in [0.2, 0.25) is 17.7 Å². The summed E-state index contributed by atoms with van der Waals surface area (Å²) in [6.07, 6.45) is -11.0. The largest absolute Gasteiger partial charge is 0.490 e. The van der Waals surface area contributed by atoms with Gasteiger partial charge in [-0.1, -0.05) is 31.2 Å². The van der Waals surface area contributed by atoms with Gasteiger partial charge in [-0.3, -0.25) is 56.1 Å². The van der Waals surface area contributed by atoms with Crippen molar-refractivity contribution in [1.29, 1.82) is 0 Å². The highest BCUT2D eigenvalue weighted by Crippen LogP contribution is 2.68. The van der Waals surface area contributed by atoms with Crippen LogP contribution in [0.5, 0.6) is 0 Å². The molecule has 38 nitrogen and oxygen atoms in total. The number of fused-ring (bicyclic) bond motifs is 2. The maximum absolute atomic E-state index is 13.6. The number of nitrogen functional groups attached to an aromatic ring is 2. The summed E-state index contributed by atoms with van der Waals surface area (Å²) in [5.74, 6) is -2.21. The molecule has 448 valence electrons. The van der Waals surface area contributed by atoms with E-state index in [1.54, 1.807) is 0 Å². The van der Waals surface area contributed by atoms with Crippen LogP contribution >= 0.6 is 31.3 Å². The van der Waals surface area contributed by atoms with Gasteiger partial charge in [0.1, 0.15) is 54.6 Å². The van der Waals surface area contributed by atoms with Gasteiger partial charge in [0, 0.05) is 38.3 Å². The maximum Gasteiger partial charge on any atom is 0.490 e. The number of imidazole rings is 2. The van der Waals surface area contributed by atoms with Gasteiger partial charge in [-0.15, -0.1) is 0 Å². The van der Waals surface area contributed by atoms with Crippen molar-refractivity contribution >= 4 is 71.3 Å². The van der Waals surface area contributed by atoms with Gasteiger partial charge in [-0.05, 0) is 6.42 Å². The molecule has 4 unspecified atom stereocenters. The monoisotopic (exact) mass is 1230 g/mol. The Balaban J connectivity index is 0.946. The van der Waals surface area contributed by atoms with Gasteiger partial charge in [-0.25, -0.2) is 42.6 Å². The van der Waals surface area contributed by atoms with Crippen molar-refractivity contribution in [1.82, 2.24) is 48.9 Å². The minimum Gasteiger partial charge on any atom is -0.387 e. The topological polar surface area (TPSA) is 536 Å². The Morgan fingerprint density at radius 1 is 0.802 bits per heavy atom. The Hall–Kier alpha value is -5.11. The number of hydrogen-bond acceptors (Lipinski definition) is 27. The van der Waals surface area contributed by atoms with Gasteiger partial charge < -0.3 is 70.6 Å². The standard InChI is InChI=1S/C39H57N13O25P4/c1-4-5-6-7-9-42-23(54)11-18-19(72-35(26(18)55)52-17-49(2)25-33(52)47-38(41)48-34(25)58)12-70-79(62,63)76-81(66,67)77-80(64,65)71-14-21-29(30(68-3)37(74-21)51-16-45-24-31(40)43-15-44-32(24)51)75-78(60,61)69-13-20-27(56)28(57)36(73-20)50-10-8-22(53)46-39(50)59/h8,10,15-21,26-30,35-37,55-57H,4-7,9,11-14H2,1-3H3,(H10-,40,41,42,43,44,46,47,48,53,54,58,59,60,61,62,63,64,65,66,67)/p+1/t18-,19-,20-,21-,26-,27-,28-,29-,30-,35-,36-,37-/m1/s1. The number of nitrogens with two attached hydrogens (primary N) is 2. The average molecular weight is 1230 g/mol. The number of carbonyl (C=O) groups excluding carboxylic acids is 1. The molecule has 0 bridgehead atoms. The van der Waals surface area contributed by atoms with Crippen LogP contribution in [0, 0.1) is 5.92 Å². The van der Waals surface area contributed by atoms with Crippen LogP contribution in [0.15, 0.2) is 45.6 Å². The van der Waals surface area contributed by atoms with Crippen molar-refractivity contribution in [3.8, 4) is 0 Å². The number of nitrogens with one attached hydrogen (secondary N) is 3. The van der Waals surface area contributed by atoms with Crippen LogP contribution in [0.2, 0.25) is 0 Å². The fraction of sp³-hybridized carbons (Fsp3) is 0.615. The second-order valence-electron chi connectivity index (χ2n) is 18.5. The number of anilines is 2. The summed E-state index contributed by atoms with van der Waals surface area (Å²) in [6, 6.07) is 0.923. The van der Waals surface area contributed by atoms with Gasteiger partial charge >= 0.3 is 42.6 Å². The number of aromatic nitrogens is 10. The summed E-state index contributed by atoms with van der Waals surface area (Å²) in [7, 11) is -21.0. The lowest BCUT2D eigenvalue weighted by Gasteiger charge is -2.26. The number of aromatic amines is 2. The van der Waals surface area contributed by atoms with E-state index in [4.69, 9.17) is 48.5 Å². The molecule has 0 saturated carbocycles. The molecule has 5 aromatic rings. The van der Waals surface area contributed by atoms with E-state index in [0.717, 1.165) is 55.9 Å². The minimum atomic E-state index is -6.25. The summed E-state index contributed by atoms with van der Waals surface area (Å²) in [5, 5.41) is 35.7. The number of nitrogens with zero attached hydrogens (tertiary/aromatic N) is 8. The number of phosphoric acid groups is 4. The summed E-state index contributed by atoms with van der Waals surface area (Å²) in [5.41, 5.74) is 9.22. The molecular weight excluding hydrogens is 1170 g/mol. The van der Waals surface area contributed by atoms with Crippen LogP contribution in [0.4, 0.5) is 11.8 Å². The van der Waals surface area contributed by atoms with Crippen LogP contribution in [0.1, 0.15) is 57.7 Å². The number of amides is 1. The number of phosphoric ester groups is 3. The SMILES string of the molecule is CCCCCCNC(=O)C[C@H]1[C@@H](O)[C@H]([n+]2cn(C)c3c(=O)[nH]c(N)nc32)O[C@@H]1COP(=O)(O)OP(=O)(O)OP(=O)(O)OC[C@H]1O[C@@H](n2cnc3c(N)ncnc32)[C@H](OC)[C@@H]1OP(=O)(O)OC[C@H]1O[C@@H](n2ccc(=O)[nH]c2=O)[C@H](O)[C@@H]1O. The third-order valence-corrected chi connectivity index (χ3v) is 18.2. The number of aliphatic hydroxyl groups is 3. The van der Waals surface area contributed by atoms with Crippen LogP contribution in [0.25, 0.3) is 22.3 Å². The minimum absolute atomic E-state index is 0.000324. The van der Waals surface area contributed by atoms with Crippen molar-refractivity contribution < 1.29 is 108 Å². The molecule has 3 aliphatic rings. The maximum atomic E-state index is 13.6. The molecule has 5 aromatic heterocycles. The first-order valence-corrected chi connectivity index (χ1v) is 30.3. The zero-order valence-corrected chi connectivity index (χ0v) is 46.3. The lowest BCUT2D eigenvalue weighted by Crippen LogP contribution is -2.45. The molecule has 1 amide bonds. The van der Waals surface area contributed by atoms with Crippen LogP contribution in [-0.2, 0) is 75.8 Å². The predicted octanol–water partition coefficient (Wildman–Crippen LogP) is -2.53. The molecule has 3 saturated heterocycles. The highest BCUT2D eigenvalue weighted by atomic mass is 31.3. The van der Waals surface area contributed by atoms with Crippen molar-refractivity contribution in [3.05, 3.63) is 62.4 Å². The number of aliphatic hydroxyl groups excluding tert-OH is 3. The molecule has 16 atom stereocenters. The number of unbranched alkanes of at least 4 members (excludes halogenated alkanes) is 3. The smallest absolute Gasteiger partial charge is 0.387 e. The van der Waals surface area contributed by atoms with E-state index >= 15 is 0 Å². The third kappa shape index (κ3) is 14.3. The molecule has 8 rings (SSSR count). The molecule has 42 heteroatoms. The zero-order valence-electron chi connectivity index (χ0n) is 42.7. The number of methoxy groups -OCH3 is 1. The Morgan fingerprint density at radius 3 is 2.15 bits per heavy atom. The Bertz CT molecular complexity index is 3470. The highest BCUT2D eigenvalue weighted by Gasteiger charge is 2.54. The van der Waals surface area contributed by atoms with E-state index in [-0.39, 0.29) is 40.6 Å². The normalized spacial score (nSPS) is 28.9. The summed E-state index contributed by atoms with van der Waals surface area (Å²) in [6.45, 7) is -1.08. The van der Waals surface area contributed by atoms with E-state index in [0.29, 0.717) is 6.42 Å². The molecule has 14 N–H and O–H groups in total. The number of carbonyl (C=O) groups is 1. The van der Waals surface area contributed by atoms with Crippen molar-refractivity contribution in [2.24, 2.45) is 13.0 Å². The average Bonchev–Trinajstić information content (AvgIpc) is 4.33. The second kappa shape index (κ2) is 25.0. The first-order chi connectivity index (χ1) is 38.1. The van der Waals surface area contributed by atoms with E-state index in [1.807, 2.05) is 11.9 Å². The van der Waals surface area contributed by atoms with Crippen LogP contribution < -0.4 is 38.2 Å². The Labute approximate surface area is 454 Å². The van der Waals surface area contributed by atoms with Gasteiger partial charge in [-0.2, -0.15) is 8.62 Å². The quantitative estimate of drug-likeness (QED) is 0.0154. The molecule has 3 fully saturated rings. The summed E-state index contributed by atoms with van der Waals surface area (Å²) < 4.78 is 110. The third-order valence-electron chi connectivity index (χ3n) is 12.9. The fourth-order valence-corrected chi connectivity index (χ4v) is 13.7. The van der Waals surface area contributed by atoms with E-state index in [2.05, 4.69) is 38.9 Å². The van der Waals surface area contributed by atoms with E-state index in [1.165, 1.54) is 27.1 Å². The van der Waals surface area contributed by atoms with E-state index in [9.17, 15) is 72.3 Å². The van der Waals surface area contributed by atoms with Gasteiger partial charge in [0.15, 0.2) is 30.2 Å². The number of ether oxygens (including phenoxy) is 4. The van der Waals surface area contributed by atoms with E-state index < -0.39 is 154 Å². The molecule has 8 heterocycles. The number of aryl methyl sites for hydroxylation is 1. The highest BCUT2D eigenvalue weighted by molar-refractivity contribution is 7.66. The zero-order chi connectivity index (χ0) is 58.9. The lowest BCUT2D eigenvalue weighted by atomic mass is 9.94. The van der Waals surface area contributed by atoms with Crippen molar-refractivity contribution in [2.75, 3.05) is 44.9 Å². The second-order valence-corrected chi connectivity index (χ2v) is 24.5. The van der Waals surface area contributed by atoms with Crippen molar-refractivity contribution in [2.45, 2.75) is 107 Å². The van der Waals surface area contributed by atoms with Gasteiger partial charge in [0.05, 0.1) is 39.3 Å². The number of rotatable bonds is 26. The lowest BCUT2D eigenvalue weighted by molar-refractivity contribution is -0.745. The molecule has 0 aromatic carbocycles. The molecule has 0 aliphatic carbocycles. The molecular formula is C39H58N13O25P4+. The summed E-state index contributed by atoms with van der Waals surface area (Å²) in [4.78, 5) is 113. The molecule has 0 radical (unpaired) electrons. The van der Waals surface area contributed by atoms with Crippen molar-refractivity contribution in [3.63, 3.8) is 0 Å².